The Morgan fingerprint density at radius 3 is 2.94 bits per heavy atom. The topological polar surface area (TPSA) is 54.9 Å². The molecule has 0 aliphatic heterocycles. The van der Waals surface area contributed by atoms with Crippen LogP contribution in [0, 0.1) is 0 Å². The summed E-state index contributed by atoms with van der Waals surface area (Å²) in [5.41, 5.74) is 0.901. The number of para-hydroxylation sites is 1. The molecule has 18 heavy (non-hydrogen) atoms. The summed E-state index contributed by atoms with van der Waals surface area (Å²) in [6.45, 7) is 4.44. The van der Waals surface area contributed by atoms with Crippen LogP contribution in [0.5, 0.6) is 0 Å². The van der Waals surface area contributed by atoms with Crippen LogP contribution < -0.4 is 5.32 Å². The van der Waals surface area contributed by atoms with Gasteiger partial charge in [0, 0.05) is 11.9 Å². The van der Waals surface area contributed by atoms with E-state index < -0.39 is 0 Å². The van der Waals surface area contributed by atoms with Crippen LogP contribution >= 0.6 is 11.8 Å². The number of thioether (sulfide) groups is 1. The molecule has 0 fully saturated rings. The Kier molecular flexibility index (Phi) is 4.15. The van der Waals surface area contributed by atoms with E-state index in [4.69, 9.17) is 0 Å². The van der Waals surface area contributed by atoms with Crippen molar-refractivity contribution in [1.82, 2.24) is 15.3 Å². The average Bonchev–Trinajstić information content (AvgIpc) is 2.39. The summed E-state index contributed by atoms with van der Waals surface area (Å²) in [6, 6.07) is 7.81. The van der Waals surface area contributed by atoms with E-state index in [9.17, 15) is 4.79 Å². The first-order valence-electron chi connectivity index (χ1n) is 5.86. The summed E-state index contributed by atoms with van der Waals surface area (Å²) in [6.07, 6.45) is 1.54. The first-order chi connectivity index (χ1) is 8.72. The minimum absolute atomic E-state index is 0.0326. The Morgan fingerprint density at radius 1 is 1.39 bits per heavy atom. The number of amides is 1. The molecule has 0 bridgehead atoms. The smallest absolute Gasteiger partial charge is 0.233 e. The van der Waals surface area contributed by atoms with Gasteiger partial charge in [-0.25, -0.2) is 9.97 Å². The fraction of sp³-hybridized carbons (Fsp3) is 0.308. The molecular weight excluding hydrogens is 246 g/mol. The van der Waals surface area contributed by atoms with E-state index in [2.05, 4.69) is 15.3 Å². The van der Waals surface area contributed by atoms with E-state index >= 15 is 0 Å². The molecule has 94 valence electrons. The molecule has 0 saturated heterocycles. The minimum Gasteiger partial charge on any atom is -0.355 e. The molecule has 0 radical (unpaired) electrons. The number of rotatable bonds is 4. The molecule has 1 N–H and O–H groups in total. The summed E-state index contributed by atoms with van der Waals surface area (Å²) in [4.78, 5) is 20.2. The quantitative estimate of drug-likeness (QED) is 0.677. The van der Waals surface area contributed by atoms with Crippen molar-refractivity contribution in [2.24, 2.45) is 0 Å². The summed E-state index contributed by atoms with van der Waals surface area (Å²) in [7, 11) is 0. The molecule has 1 aromatic heterocycles. The number of nitrogens with zero attached hydrogens (tertiary/aromatic N) is 2. The van der Waals surface area contributed by atoms with Crippen LogP contribution in [0.15, 0.2) is 35.6 Å². The van der Waals surface area contributed by atoms with Gasteiger partial charge in [0.15, 0.2) is 0 Å². The number of benzene rings is 1. The Labute approximate surface area is 110 Å². The van der Waals surface area contributed by atoms with Gasteiger partial charge in [-0.1, -0.05) is 30.0 Å². The van der Waals surface area contributed by atoms with Crippen LogP contribution in [0.4, 0.5) is 0 Å². The number of nitrogens with one attached hydrogen (secondary N) is 1. The van der Waals surface area contributed by atoms with Crippen molar-refractivity contribution in [2.75, 3.05) is 6.54 Å². The number of fused-ring (bicyclic) bond motifs is 1. The van der Waals surface area contributed by atoms with Crippen LogP contribution in [0.1, 0.15) is 13.8 Å². The van der Waals surface area contributed by atoms with Gasteiger partial charge < -0.3 is 5.32 Å². The van der Waals surface area contributed by atoms with Gasteiger partial charge in [0.1, 0.15) is 11.4 Å². The second-order valence-electron chi connectivity index (χ2n) is 3.85. The zero-order chi connectivity index (χ0) is 13.0. The summed E-state index contributed by atoms with van der Waals surface area (Å²) >= 11 is 1.46. The number of carbonyl (C=O) groups is 1. The first-order valence-corrected chi connectivity index (χ1v) is 6.74. The number of carbonyl (C=O) groups excluding carboxylic acids is 1. The van der Waals surface area contributed by atoms with Crippen molar-refractivity contribution in [3.63, 3.8) is 0 Å². The molecule has 4 nitrogen and oxygen atoms in total. The second kappa shape index (κ2) is 5.82. The monoisotopic (exact) mass is 261 g/mol. The molecule has 1 aromatic carbocycles. The lowest BCUT2D eigenvalue weighted by molar-refractivity contribution is -0.120. The highest BCUT2D eigenvalue weighted by atomic mass is 32.2. The number of hydrogen-bond acceptors (Lipinski definition) is 4. The van der Waals surface area contributed by atoms with Crippen LogP contribution in [0.25, 0.3) is 10.9 Å². The molecule has 2 rings (SSSR count). The Hall–Kier alpha value is -1.62. The van der Waals surface area contributed by atoms with E-state index in [-0.39, 0.29) is 11.2 Å². The van der Waals surface area contributed by atoms with Gasteiger partial charge in [0.05, 0.1) is 10.8 Å². The van der Waals surface area contributed by atoms with Gasteiger partial charge >= 0.3 is 0 Å². The molecule has 0 aliphatic rings. The summed E-state index contributed by atoms with van der Waals surface area (Å²) in [5.74, 6) is 0.0326. The standard InChI is InChI=1S/C13H15N3OS/c1-3-14-12(17)9(2)18-13-10-6-4-5-7-11(10)15-8-16-13/h4-9H,3H2,1-2H3,(H,14,17)/t9-/m0/s1. The fourth-order valence-electron chi connectivity index (χ4n) is 1.61. The normalized spacial score (nSPS) is 12.3. The summed E-state index contributed by atoms with van der Waals surface area (Å²) < 4.78 is 0. The van der Waals surface area contributed by atoms with Crippen LogP contribution in [-0.2, 0) is 4.79 Å². The molecule has 0 aliphatic carbocycles. The highest BCUT2D eigenvalue weighted by Gasteiger charge is 2.15. The Morgan fingerprint density at radius 2 is 2.17 bits per heavy atom. The predicted octanol–water partition coefficient (Wildman–Crippen LogP) is 2.25. The zero-order valence-corrected chi connectivity index (χ0v) is 11.2. The molecule has 0 saturated carbocycles. The van der Waals surface area contributed by atoms with Crippen LogP contribution in [0.3, 0.4) is 0 Å². The minimum atomic E-state index is -0.164. The van der Waals surface area contributed by atoms with E-state index in [1.807, 2.05) is 38.1 Å². The number of hydrogen-bond donors (Lipinski definition) is 1. The fourth-order valence-corrected chi connectivity index (χ4v) is 2.55. The third-order valence-electron chi connectivity index (χ3n) is 2.51. The van der Waals surface area contributed by atoms with Crippen molar-refractivity contribution < 1.29 is 4.79 Å². The molecule has 1 amide bonds. The van der Waals surface area contributed by atoms with E-state index in [0.29, 0.717) is 6.54 Å². The largest absolute Gasteiger partial charge is 0.355 e. The van der Waals surface area contributed by atoms with Crippen molar-refractivity contribution in [1.29, 1.82) is 0 Å². The van der Waals surface area contributed by atoms with E-state index in [1.165, 1.54) is 18.1 Å². The third kappa shape index (κ3) is 2.79. The molecule has 0 spiro atoms. The lowest BCUT2D eigenvalue weighted by Crippen LogP contribution is -2.30. The molecule has 2 aromatic rings. The van der Waals surface area contributed by atoms with Gasteiger partial charge in [-0.2, -0.15) is 0 Å². The SMILES string of the molecule is CCNC(=O)[C@H](C)Sc1ncnc2ccccc12. The molecule has 1 atom stereocenters. The van der Waals surface area contributed by atoms with Crippen molar-refractivity contribution in [2.45, 2.75) is 24.1 Å². The molecule has 5 heteroatoms. The highest BCUT2D eigenvalue weighted by Crippen LogP contribution is 2.27. The molecule has 0 unspecified atom stereocenters. The highest BCUT2D eigenvalue weighted by molar-refractivity contribution is 8.00. The van der Waals surface area contributed by atoms with E-state index in [0.717, 1.165) is 15.9 Å². The van der Waals surface area contributed by atoms with E-state index in [1.54, 1.807) is 0 Å². The van der Waals surface area contributed by atoms with Crippen molar-refractivity contribution in [3.8, 4) is 0 Å². The van der Waals surface area contributed by atoms with Gasteiger partial charge in [-0.3, -0.25) is 4.79 Å². The van der Waals surface area contributed by atoms with Crippen molar-refractivity contribution in [3.05, 3.63) is 30.6 Å². The maximum Gasteiger partial charge on any atom is 0.233 e. The van der Waals surface area contributed by atoms with Gasteiger partial charge in [0.25, 0.3) is 0 Å². The maximum atomic E-state index is 11.7. The van der Waals surface area contributed by atoms with Crippen molar-refractivity contribution >= 4 is 28.6 Å². The van der Waals surface area contributed by atoms with Crippen LogP contribution in [-0.4, -0.2) is 27.7 Å². The third-order valence-corrected chi connectivity index (χ3v) is 3.63. The second-order valence-corrected chi connectivity index (χ2v) is 5.18. The number of aromatic nitrogens is 2. The van der Waals surface area contributed by atoms with Gasteiger partial charge in [0.2, 0.25) is 5.91 Å². The Bertz CT molecular complexity index is 553. The maximum absolute atomic E-state index is 11.7. The summed E-state index contributed by atoms with van der Waals surface area (Å²) in [5, 5.41) is 4.48. The lowest BCUT2D eigenvalue weighted by Gasteiger charge is -2.11. The van der Waals surface area contributed by atoms with Gasteiger partial charge in [-0.15, -0.1) is 0 Å². The molecular formula is C13H15N3OS. The predicted molar refractivity (Wildman–Crippen MR) is 73.5 cm³/mol. The first kappa shape index (κ1) is 12.8. The lowest BCUT2D eigenvalue weighted by atomic mass is 10.2. The van der Waals surface area contributed by atoms with Gasteiger partial charge in [-0.05, 0) is 19.9 Å². The Balaban J connectivity index is 2.24. The zero-order valence-electron chi connectivity index (χ0n) is 10.4. The molecule has 1 heterocycles. The van der Waals surface area contributed by atoms with Crippen LogP contribution in [0.2, 0.25) is 0 Å². The average molecular weight is 261 g/mol.